The minimum absolute atomic E-state index is 0.107. The van der Waals surface area contributed by atoms with E-state index >= 15 is 0 Å². The van der Waals surface area contributed by atoms with Crippen molar-refractivity contribution in [1.82, 2.24) is 14.0 Å². The Morgan fingerprint density at radius 2 is 1.90 bits per heavy atom. The summed E-state index contributed by atoms with van der Waals surface area (Å²) in [7, 11) is 0. The van der Waals surface area contributed by atoms with Crippen molar-refractivity contribution in [2.75, 3.05) is 5.73 Å². The third-order valence-corrected chi connectivity index (χ3v) is 3.70. The van der Waals surface area contributed by atoms with E-state index in [4.69, 9.17) is 5.73 Å². The van der Waals surface area contributed by atoms with E-state index in [0.29, 0.717) is 17.3 Å². The second-order valence-electron chi connectivity index (χ2n) is 5.24. The predicted molar refractivity (Wildman–Crippen MR) is 77.2 cm³/mol. The maximum absolute atomic E-state index is 12.5. The number of aromatic nitrogens is 3. The Balaban J connectivity index is 1.90. The molecule has 2 N–H and O–H groups in total. The van der Waals surface area contributed by atoms with Crippen LogP contribution in [-0.4, -0.2) is 14.0 Å². The van der Waals surface area contributed by atoms with Gasteiger partial charge in [0.05, 0.1) is 5.69 Å². The Hall–Kier alpha value is -2.56. The van der Waals surface area contributed by atoms with Crippen molar-refractivity contribution in [3.05, 3.63) is 58.9 Å². The number of nitrogen functional groups attached to an aromatic ring is 1. The highest BCUT2D eigenvalue weighted by atomic mass is 16.1. The van der Waals surface area contributed by atoms with E-state index < -0.39 is 0 Å². The fourth-order valence-corrected chi connectivity index (χ4v) is 2.41. The molecule has 0 atom stereocenters. The molecule has 1 fully saturated rings. The van der Waals surface area contributed by atoms with Crippen molar-refractivity contribution in [2.45, 2.75) is 18.8 Å². The molecule has 0 amide bonds. The highest BCUT2D eigenvalue weighted by Gasteiger charge is 2.26. The average molecular weight is 266 g/mol. The molecule has 0 aliphatic heterocycles. The van der Waals surface area contributed by atoms with Crippen LogP contribution in [0.3, 0.4) is 0 Å². The van der Waals surface area contributed by atoms with Crippen molar-refractivity contribution in [1.29, 1.82) is 0 Å². The van der Waals surface area contributed by atoms with E-state index in [1.807, 2.05) is 28.9 Å². The fraction of sp³-hybridized carbons (Fsp3) is 0.200. The van der Waals surface area contributed by atoms with Crippen LogP contribution >= 0.6 is 0 Å². The lowest BCUT2D eigenvalue weighted by Gasteiger charge is -2.05. The topological polar surface area (TPSA) is 65.3 Å². The molecule has 0 bridgehead atoms. The largest absolute Gasteiger partial charge is 0.399 e. The van der Waals surface area contributed by atoms with Crippen LogP contribution in [0.15, 0.2) is 47.7 Å². The average Bonchev–Trinajstić information content (AvgIpc) is 3.20. The summed E-state index contributed by atoms with van der Waals surface area (Å²) in [5.41, 5.74) is 8.54. The molecule has 0 spiro atoms. The molecule has 1 aliphatic carbocycles. The van der Waals surface area contributed by atoms with Crippen LogP contribution in [-0.2, 0) is 0 Å². The van der Waals surface area contributed by atoms with Crippen molar-refractivity contribution in [2.24, 2.45) is 0 Å². The Bertz CT molecular complexity index is 840. The first-order chi connectivity index (χ1) is 9.72. The SMILES string of the molecule is Nc1ccc(-n2ccn3cc(C4CC4)nc3c2=O)cc1. The van der Waals surface area contributed by atoms with E-state index in [2.05, 4.69) is 4.98 Å². The molecular formula is C15H14N4O. The van der Waals surface area contributed by atoms with Crippen molar-refractivity contribution in [3.8, 4) is 5.69 Å². The smallest absolute Gasteiger partial charge is 0.298 e. The van der Waals surface area contributed by atoms with Crippen LogP contribution in [0.4, 0.5) is 5.69 Å². The van der Waals surface area contributed by atoms with Crippen LogP contribution in [0.1, 0.15) is 24.5 Å². The van der Waals surface area contributed by atoms with Gasteiger partial charge >= 0.3 is 0 Å². The molecule has 1 saturated carbocycles. The Kier molecular flexibility index (Phi) is 2.24. The molecule has 0 radical (unpaired) electrons. The summed E-state index contributed by atoms with van der Waals surface area (Å²) in [5.74, 6) is 0.541. The van der Waals surface area contributed by atoms with Crippen LogP contribution in [0.2, 0.25) is 0 Å². The maximum Gasteiger partial charge on any atom is 0.298 e. The number of benzene rings is 1. The molecule has 20 heavy (non-hydrogen) atoms. The lowest BCUT2D eigenvalue weighted by atomic mass is 10.3. The van der Waals surface area contributed by atoms with Gasteiger partial charge in [0.1, 0.15) is 0 Å². The molecule has 1 aliphatic rings. The molecule has 5 nitrogen and oxygen atoms in total. The number of nitrogens with zero attached hydrogens (tertiary/aromatic N) is 3. The van der Waals surface area contributed by atoms with E-state index in [1.54, 1.807) is 22.9 Å². The number of fused-ring (bicyclic) bond motifs is 1. The highest BCUT2D eigenvalue weighted by Crippen LogP contribution is 2.39. The number of hydrogen-bond donors (Lipinski definition) is 1. The zero-order valence-corrected chi connectivity index (χ0v) is 10.9. The first-order valence-electron chi connectivity index (χ1n) is 6.68. The molecule has 5 heteroatoms. The second-order valence-corrected chi connectivity index (χ2v) is 5.24. The molecule has 100 valence electrons. The number of hydrogen-bond acceptors (Lipinski definition) is 3. The standard InChI is InChI=1S/C15H14N4O/c16-11-3-5-12(6-4-11)19-8-7-18-9-13(10-1-2-10)17-14(18)15(19)20/h3-10H,1-2,16H2. The zero-order valence-electron chi connectivity index (χ0n) is 10.9. The maximum atomic E-state index is 12.5. The second kappa shape index (κ2) is 3.96. The van der Waals surface area contributed by atoms with Crippen LogP contribution in [0, 0.1) is 0 Å². The minimum Gasteiger partial charge on any atom is -0.399 e. The van der Waals surface area contributed by atoms with Gasteiger partial charge in [0.15, 0.2) is 0 Å². The molecular weight excluding hydrogens is 252 g/mol. The molecule has 1 aromatic carbocycles. The quantitative estimate of drug-likeness (QED) is 0.721. The van der Waals surface area contributed by atoms with Gasteiger partial charge in [-0.25, -0.2) is 4.98 Å². The summed E-state index contributed by atoms with van der Waals surface area (Å²) in [6.45, 7) is 0. The highest BCUT2D eigenvalue weighted by molar-refractivity contribution is 5.47. The summed E-state index contributed by atoms with van der Waals surface area (Å²) < 4.78 is 3.40. The van der Waals surface area contributed by atoms with Gasteiger partial charge in [-0.2, -0.15) is 0 Å². The van der Waals surface area contributed by atoms with E-state index in [-0.39, 0.29) is 5.56 Å². The first kappa shape index (κ1) is 11.3. The lowest BCUT2D eigenvalue weighted by Crippen LogP contribution is -2.19. The molecule has 2 aromatic heterocycles. The molecule has 3 aromatic rings. The molecule has 0 saturated heterocycles. The number of rotatable bonds is 2. The van der Waals surface area contributed by atoms with Gasteiger partial charge in [-0.05, 0) is 37.1 Å². The number of nitrogens with two attached hydrogens (primary N) is 1. The Morgan fingerprint density at radius 3 is 2.60 bits per heavy atom. The Morgan fingerprint density at radius 1 is 1.15 bits per heavy atom. The van der Waals surface area contributed by atoms with E-state index in [0.717, 1.165) is 11.4 Å². The third kappa shape index (κ3) is 1.71. The monoisotopic (exact) mass is 266 g/mol. The zero-order chi connectivity index (χ0) is 13.7. The molecule has 2 heterocycles. The van der Waals surface area contributed by atoms with Gasteiger partial charge in [-0.3, -0.25) is 9.36 Å². The van der Waals surface area contributed by atoms with Crippen molar-refractivity contribution >= 4 is 11.3 Å². The predicted octanol–water partition coefficient (Wildman–Crippen LogP) is 1.94. The van der Waals surface area contributed by atoms with Crippen LogP contribution in [0.5, 0.6) is 0 Å². The van der Waals surface area contributed by atoms with Crippen molar-refractivity contribution < 1.29 is 0 Å². The van der Waals surface area contributed by atoms with Gasteiger partial charge in [-0.15, -0.1) is 0 Å². The summed E-state index contributed by atoms with van der Waals surface area (Å²) in [5, 5.41) is 0. The van der Waals surface area contributed by atoms with Crippen molar-refractivity contribution in [3.63, 3.8) is 0 Å². The first-order valence-corrected chi connectivity index (χ1v) is 6.68. The third-order valence-electron chi connectivity index (χ3n) is 3.70. The minimum atomic E-state index is -0.107. The lowest BCUT2D eigenvalue weighted by molar-refractivity contribution is 0.950. The summed E-state index contributed by atoms with van der Waals surface area (Å²) in [6.07, 6.45) is 7.94. The van der Waals surface area contributed by atoms with Crippen LogP contribution in [0.25, 0.3) is 11.3 Å². The van der Waals surface area contributed by atoms with E-state index in [9.17, 15) is 4.79 Å². The van der Waals surface area contributed by atoms with Gasteiger partial charge in [0.25, 0.3) is 5.56 Å². The van der Waals surface area contributed by atoms with Gasteiger partial charge in [0, 0.05) is 35.9 Å². The Labute approximate surface area is 115 Å². The number of anilines is 1. The summed E-state index contributed by atoms with van der Waals surface area (Å²) in [4.78, 5) is 17.0. The molecule has 0 unspecified atom stereocenters. The van der Waals surface area contributed by atoms with Gasteiger partial charge in [0.2, 0.25) is 5.65 Å². The normalized spacial score (nSPS) is 14.8. The fourth-order valence-electron chi connectivity index (χ4n) is 2.41. The van der Waals surface area contributed by atoms with Gasteiger partial charge < -0.3 is 10.1 Å². The van der Waals surface area contributed by atoms with Crippen LogP contribution < -0.4 is 11.3 Å². The number of imidazole rings is 1. The summed E-state index contributed by atoms with van der Waals surface area (Å²) in [6, 6.07) is 7.23. The van der Waals surface area contributed by atoms with E-state index in [1.165, 1.54) is 12.8 Å². The summed E-state index contributed by atoms with van der Waals surface area (Å²) >= 11 is 0. The van der Waals surface area contributed by atoms with Gasteiger partial charge in [-0.1, -0.05) is 0 Å². The molecule has 4 rings (SSSR count).